The predicted molar refractivity (Wildman–Crippen MR) is 96.2 cm³/mol. The Balaban J connectivity index is 0.000000847. The van der Waals surface area contributed by atoms with Crippen LogP contribution >= 0.6 is 0 Å². The highest BCUT2D eigenvalue weighted by Crippen LogP contribution is 2.25. The van der Waals surface area contributed by atoms with E-state index in [-0.39, 0.29) is 0 Å². The molecule has 3 rings (SSSR count). The van der Waals surface area contributed by atoms with E-state index in [1.54, 1.807) is 11.1 Å². The highest BCUT2D eigenvalue weighted by molar-refractivity contribution is 5.33. The summed E-state index contributed by atoms with van der Waals surface area (Å²) in [7, 11) is 0. The van der Waals surface area contributed by atoms with E-state index in [1.807, 2.05) is 20.0 Å². The molecule has 0 bridgehead atoms. The second kappa shape index (κ2) is 8.92. The third kappa shape index (κ3) is 4.56. The minimum atomic E-state index is 0.803. The number of aryl methyl sites for hydroxylation is 2. The van der Waals surface area contributed by atoms with Crippen LogP contribution in [0.4, 0.5) is 0 Å². The van der Waals surface area contributed by atoms with E-state index in [1.165, 1.54) is 62.6 Å². The molecule has 0 aliphatic heterocycles. The lowest BCUT2D eigenvalue weighted by atomic mass is 9.90. The number of rotatable bonds is 3. The van der Waals surface area contributed by atoms with Crippen molar-refractivity contribution >= 4 is 0 Å². The largest absolute Gasteiger partial charge is 0.261 e. The number of aromatic nitrogens is 1. The van der Waals surface area contributed by atoms with Gasteiger partial charge in [-0.05, 0) is 74.5 Å². The Bertz CT molecular complexity index is 525. The number of fused-ring (bicyclic) bond motifs is 1. The summed E-state index contributed by atoms with van der Waals surface area (Å²) in [5.74, 6) is 0.803. The SMILES string of the molecule is CC.CC1CC=CC(CCc2ccnc3c2CCCC3)=CC1. The number of hydrogen-bond donors (Lipinski definition) is 0. The molecule has 0 saturated heterocycles. The summed E-state index contributed by atoms with van der Waals surface area (Å²) in [6, 6.07) is 2.24. The van der Waals surface area contributed by atoms with Gasteiger partial charge in [-0.25, -0.2) is 0 Å². The van der Waals surface area contributed by atoms with Crippen molar-refractivity contribution in [1.29, 1.82) is 0 Å². The second-order valence-corrected chi connectivity index (χ2v) is 6.36. The van der Waals surface area contributed by atoms with Gasteiger partial charge in [0.05, 0.1) is 0 Å². The summed E-state index contributed by atoms with van der Waals surface area (Å²) in [4.78, 5) is 4.57. The maximum absolute atomic E-state index is 4.57. The maximum Gasteiger partial charge on any atom is 0.0438 e. The standard InChI is InChI=1S/C19H25N.C2H6/c1-15-5-4-6-16(10-9-15)11-12-17-13-14-20-19-8-3-2-7-18(17)19;1-2/h4,6,10,13-15H,2-3,5,7-9,11-12H2,1H3;1-2H3. The third-order valence-electron chi connectivity index (χ3n) is 4.67. The fraction of sp³-hybridized carbons (Fsp3) is 0.571. The van der Waals surface area contributed by atoms with Crippen LogP contribution in [-0.4, -0.2) is 4.98 Å². The minimum absolute atomic E-state index is 0.803. The molecular weight excluding hydrogens is 266 g/mol. The molecule has 0 N–H and O–H groups in total. The van der Waals surface area contributed by atoms with Crippen molar-refractivity contribution in [2.24, 2.45) is 5.92 Å². The zero-order valence-electron chi connectivity index (χ0n) is 14.6. The molecule has 0 saturated carbocycles. The average molecular weight is 297 g/mol. The topological polar surface area (TPSA) is 12.9 Å². The molecular formula is C21H31N. The molecule has 0 radical (unpaired) electrons. The summed E-state index contributed by atoms with van der Waals surface area (Å²) in [5, 5.41) is 0. The molecule has 1 unspecified atom stereocenters. The molecule has 2 aliphatic rings. The van der Waals surface area contributed by atoms with Crippen LogP contribution < -0.4 is 0 Å². The lowest BCUT2D eigenvalue weighted by Crippen LogP contribution is -2.08. The van der Waals surface area contributed by atoms with Crippen molar-refractivity contribution in [3.63, 3.8) is 0 Å². The van der Waals surface area contributed by atoms with Gasteiger partial charge in [-0.3, -0.25) is 4.98 Å². The van der Waals surface area contributed by atoms with Crippen LogP contribution in [0.3, 0.4) is 0 Å². The molecule has 22 heavy (non-hydrogen) atoms. The van der Waals surface area contributed by atoms with Crippen molar-refractivity contribution < 1.29 is 0 Å². The highest BCUT2D eigenvalue weighted by Gasteiger charge is 2.14. The number of hydrogen-bond acceptors (Lipinski definition) is 1. The quantitative estimate of drug-likeness (QED) is 0.684. The van der Waals surface area contributed by atoms with Crippen molar-refractivity contribution in [2.45, 2.75) is 72.1 Å². The zero-order valence-corrected chi connectivity index (χ0v) is 14.6. The molecule has 120 valence electrons. The zero-order chi connectivity index (χ0) is 15.8. The van der Waals surface area contributed by atoms with Gasteiger partial charge in [0, 0.05) is 11.9 Å². The Hall–Kier alpha value is -1.37. The smallest absolute Gasteiger partial charge is 0.0438 e. The maximum atomic E-state index is 4.57. The third-order valence-corrected chi connectivity index (χ3v) is 4.67. The Morgan fingerprint density at radius 1 is 1.09 bits per heavy atom. The number of allylic oxidation sites excluding steroid dienone is 4. The summed E-state index contributed by atoms with van der Waals surface area (Å²) in [6.45, 7) is 6.34. The van der Waals surface area contributed by atoms with E-state index in [0.29, 0.717) is 0 Å². The summed E-state index contributed by atoms with van der Waals surface area (Å²) < 4.78 is 0. The summed E-state index contributed by atoms with van der Waals surface area (Å²) in [5.41, 5.74) is 6.00. The van der Waals surface area contributed by atoms with Crippen LogP contribution in [0.15, 0.2) is 36.1 Å². The Kier molecular flexibility index (Phi) is 6.89. The minimum Gasteiger partial charge on any atom is -0.261 e. The van der Waals surface area contributed by atoms with Crippen molar-refractivity contribution in [2.75, 3.05) is 0 Å². The van der Waals surface area contributed by atoms with Gasteiger partial charge in [-0.15, -0.1) is 0 Å². The highest BCUT2D eigenvalue weighted by atomic mass is 14.7. The van der Waals surface area contributed by atoms with Gasteiger partial charge < -0.3 is 0 Å². The van der Waals surface area contributed by atoms with Crippen LogP contribution in [0.1, 0.15) is 69.7 Å². The van der Waals surface area contributed by atoms with E-state index >= 15 is 0 Å². The van der Waals surface area contributed by atoms with E-state index in [9.17, 15) is 0 Å². The van der Waals surface area contributed by atoms with E-state index in [0.717, 1.165) is 5.92 Å². The molecule has 2 aliphatic carbocycles. The van der Waals surface area contributed by atoms with Crippen molar-refractivity contribution in [1.82, 2.24) is 4.98 Å². The van der Waals surface area contributed by atoms with E-state index < -0.39 is 0 Å². The average Bonchev–Trinajstić information content (AvgIpc) is 2.79. The van der Waals surface area contributed by atoms with E-state index in [2.05, 4.69) is 36.2 Å². The van der Waals surface area contributed by atoms with Crippen molar-refractivity contribution in [3.05, 3.63) is 52.9 Å². The number of nitrogens with zero attached hydrogens (tertiary/aromatic N) is 1. The van der Waals surface area contributed by atoms with Crippen LogP contribution in [0.25, 0.3) is 0 Å². The predicted octanol–water partition coefficient (Wildman–Crippen LogP) is 5.83. The molecule has 1 aromatic rings. The van der Waals surface area contributed by atoms with Gasteiger partial charge >= 0.3 is 0 Å². The Morgan fingerprint density at radius 2 is 1.91 bits per heavy atom. The lowest BCUT2D eigenvalue weighted by molar-refractivity contribution is 0.605. The van der Waals surface area contributed by atoms with E-state index in [4.69, 9.17) is 0 Å². The van der Waals surface area contributed by atoms with Crippen LogP contribution in [0.5, 0.6) is 0 Å². The van der Waals surface area contributed by atoms with Gasteiger partial charge in [0.2, 0.25) is 0 Å². The lowest BCUT2D eigenvalue weighted by Gasteiger charge is -2.18. The van der Waals surface area contributed by atoms with Gasteiger partial charge in [0.1, 0.15) is 0 Å². The molecule has 0 spiro atoms. The number of pyridine rings is 1. The molecule has 0 amide bonds. The first-order valence-electron chi connectivity index (χ1n) is 9.14. The van der Waals surface area contributed by atoms with Gasteiger partial charge in [-0.1, -0.05) is 44.6 Å². The monoisotopic (exact) mass is 297 g/mol. The first-order chi connectivity index (χ1) is 10.8. The van der Waals surface area contributed by atoms with Crippen LogP contribution in [0, 0.1) is 5.92 Å². The first kappa shape index (κ1) is 17.0. The van der Waals surface area contributed by atoms with Crippen LogP contribution in [0.2, 0.25) is 0 Å². The molecule has 1 heterocycles. The van der Waals surface area contributed by atoms with Gasteiger partial charge in [0.15, 0.2) is 0 Å². The summed E-state index contributed by atoms with van der Waals surface area (Å²) >= 11 is 0. The second-order valence-electron chi connectivity index (χ2n) is 6.36. The van der Waals surface area contributed by atoms with Crippen LogP contribution in [-0.2, 0) is 19.3 Å². The molecule has 1 nitrogen and oxygen atoms in total. The Morgan fingerprint density at radius 3 is 2.77 bits per heavy atom. The fourth-order valence-electron chi connectivity index (χ4n) is 3.36. The normalized spacial score (nSPS) is 20.3. The fourth-order valence-corrected chi connectivity index (χ4v) is 3.36. The molecule has 1 aromatic heterocycles. The van der Waals surface area contributed by atoms with Crippen molar-refractivity contribution in [3.8, 4) is 0 Å². The Labute approximate surface area is 136 Å². The molecule has 1 heteroatoms. The molecule has 1 atom stereocenters. The summed E-state index contributed by atoms with van der Waals surface area (Å²) in [6.07, 6.45) is 19.1. The van der Waals surface area contributed by atoms with Gasteiger partial charge in [-0.2, -0.15) is 0 Å². The molecule has 0 aromatic carbocycles. The first-order valence-corrected chi connectivity index (χ1v) is 9.14. The van der Waals surface area contributed by atoms with Gasteiger partial charge in [0.25, 0.3) is 0 Å². The molecule has 0 fully saturated rings.